The van der Waals surface area contributed by atoms with E-state index in [2.05, 4.69) is 29.6 Å². The Balaban J connectivity index is 0.000000169. The molecule has 2 aromatic carbocycles. The fourth-order valence-electron chi connectivity index (χ4n) is 4.24. The predicted octanol–water partition coefficient (Wildman–Crippen LogP) is 2.91. The highest BCUT2D eigenvalue weighted by Crippen LogP contribution is 2.43. The first kappa shape index (κ1) is 21.1. The van der Waals surface area contributed by atoms with E-state index >= 15 is 0 Å². The van der Waals surface area contributed by atoms with Gasteiger partial charge in [0.25, 0.3) is 0 Å². The van der Waals surface area contributed by atoms with Crippen LogP contribution in [0.3, 0.4) is 0 Å². The lowest BCUT2D eigenvalue weighted by Crippen LogP contribution is -2.43. The number of hydrogen-bond donors (Lipinski definition) is 3. The van der Waals surface area contributed by atoms with E-state index in [0.717, 1.165) is 37.1 Å². The zero-order valence-corrected chi connectivity index (χ0v) is 17.1. The molecule has 2 aliphatic rings. The van der Waals surface area contributed by atoms with Crippen molar-refractivity contribution >= 4 is 5.97 Å². The molecule has 1 fully saturated rings. The van der Waals surface area contributed by atoms with Crippen molar-refractivity contribution in [1.82, 2.24) is 5.32 Å². The molecule has 29 heavy (non-hydrogen) atoms. The summed E-state index contributed by atoms with van der Waals surface area (Å²) in [5.41, 5.74) is 9.25. The molecule has 0 amide bonds. The fourth-order valence-corrected chi connectivity index (χ4v) is 4.24. The summed E-state index contributed by atoms with van der Waals surface area (Å²) >= 11 is 0. The number of benzene rings is 2. The molecule has 6 nitrogen and oxygen atoms in total. The molecular weight excluding hydrogens is 368 g/mol. The molecule has 1 saturated heterocycles. The standard InChI is InChI=1S/C12H14O4.C11H16N2/c1-15-10-6-5-7-8(11(10)16-2)3-4-9(7)12(13)14;12-11-6-7-13-8-10(11)9-4-2-1-3-5-9/h5-6,9H,3-4H2,1-2H3,(H,13,14);1-5,10-11,13H,6-8,12H2. The van der Waals surface area contributed by atoms with Gasteiger partial charge in [-0.15, -0.1) is 0 Å². The Labute approximate surface area is 172 Å². The van der Waals surface area contributed by atoms with Crippen LogP contribution in [0.15, 0.2) is 42.5 Å². The zero-order valence-electron chi connectivity index (χ0n) is 17.1. The van der Waals surface area contributed by atoms with Gasteiger partial charge in [0.15, 0.2) is 11.5 Å². The van der Waals surface area contributed by atoms with Crippen LogP contribution in [-0.4, -0.2) is 44.4 Å². The van der Waals surface area contributed by atoms with E-state index in [1.54, 1.807) is 20.3 Å². The van der Waals surface area contributed by atoms with E-state index in [1.165, 1.54) is 5.56 Å². The van der Waals surface area contributed by atoms with E-state index in [0.29, 0.717) is 29.9 Å². The number of nitrogens with two attached hydrogens (primary N) is 1. The summed E-state index contributed by atoms with van der Waals surface area (Å²) in [4.78, 5) is 11.0. The summed E-state index contributed by atoms with van der Waals surface area (Å²) < 4.78 is 10.5. The average molecular weight is 399 g/mol. The van der Waals surface area contributed by atoms with Gasteiger partial charge in [-0.25, -0.2) is 0 Å². The van der Waals surface area contributed by atoms with Crippen molar-refractivity contribution in [2.45, 2.75) is 37.1 Å². The van der Waals surface area contributed by atoms with Crippen LogP contribution in [0.25, 0.3) is 0 Å². The molecule has 0 saturated carbocycles. The minimum absolute atomic E-state index is 0.323. The van der Waals surface area contributed by atoms with Crippen LogP contribution in [0.4, 0.5) is 0 Å². The maximum absolute atomic E-state index is 11.0. The maximum atomic E-state index is 11.0. The topological polar surface area (TPSA) is 93.8 Å². The Morgan fingerprint density at radius 3 is 2.48 bits per heavy atom. The van der Waals surface area contributed by atoms with Crippen molar-refractivity contribution in [3.8, 4) is 11.5 Å². The minimum atomic E-state index is -0.772. The normalized spacial score (nSPS) is 22.8. The largest absolute Gasteiger partial charge is 0.493 e. The number of ether oxygens (including phenoxy) is 2. The van der Waals surface area contributed by atoms with Crippen LogP contribution in [0.2, 0.25) is 0 Å². The first-order valence-electron chi connectivity index (χ1n) is 10.0. The molecule has 1 aliphatic heterocycles. The minimum Gasteiger partial charge on any atom is -0.493 e. The number of fused-ring (bicyclic) bond motifs is 1. The van der Waals surface area contributed by atoms with Gasteiger partial charge >= 0.3 is 5.97 Å². The summed E-state index contributed by atoms with van der Waals surface area (Å²) in [7, 11) is 3.15. The van der Waals surface area contributed by atoms with Crippen molar-refractivity contribution in [2.75, 3.05) is 27.3 Å². The number of carboxylic acid groups (broad SMARTS) is 1. The van der Waals surface area contributed by atoms with Gasteiger partial charge in [0, 0.05) is 24.1 Å². The van der Waals surface area contributed by atoms with Gasteiger partial charge in [0.05, 0.1) is 20.1 Å². The van der Waals surface area contributed by atoms with Crippen LogP contribution in [0, 0.1) is 0 Å². The monoisotopic (exact) mass is 398 g/mol. The molecule has 0 aromatic heterocycles. The van der Waals surface area contributed by atoms with Gasteiger partial charge in [-0.05, 0) is 43.0 Å². The van der Waals surface area contributed by atoms with Gasteiger partial charge in [-0.3, -0.25) is 4.79 Å². The summed E-state index contributed by atoms with van der Waals surface area (Å²) in [5, 5.41) is 12.5. The molecular formula is C23H30N2O4. The fraction of sp³-hybridized carbons (Fsp3) is 0.435. The van der Waals surface area contributed by atoms with Crippen molar-refractivity contribution in [3.63, 3.8) is 0 Å². The molecule has 0 radical (unpaired) electrons. The Bertz CT molecular complexity index is 825. The van der Waals surface area contributed by atoms with Crippen molar-refractivity contribution < 1.29 is 19.4 Å². The van der Waals surface area contributed by atoms with Crippen LogP contribution in [0.1, 0.15) is 41.4 Å². The van der Waals surface area contributed by atoms with Gasteiger partial charge in [-0.1, -0.05) is 36.4 Å². The second-order valence-electron chi connectivity index (χ2n) is 7.47. The molecule has 2 aromatic rings. The van der Waals surface area contributed by atoms with Gasteiger partial charge < -0.3 is 25.6 Å². The van der Waals surface area contributed by atoms with Crippen LogP contribution >= 0.6 is 0 Å². The molecule has 4 N–H and O–H groups in total. The lowest BCUT2D eigenvalue weighted by atomic mass is 9.88. The summed E-state index contributed by atoms with van der Waals surface area (Å²) in [6.45, 7) is 2.08. The van der Waals surface area contributed by atoms with Gasteiger partial charge in [-0.2, -0.15) is 0 Å². The van der Waals surface area contributed by atoms with Crippen molar-refractivity contribution in [3.05, 3.63) is 59.2 Å². The molecule has 1 heterocycles. The molecule has 3 unspecified atom stereocenters. The van der Waals surface area contributed by atoms with Gasteiger partial charge in [0.2, 0.25) is 0 Å². The first-order chi connectivity index (χ1) is 14.1. The van der Waals surface area contributed by atoms with Crippen LogP contribution < -0.4 is 20.5 Å². The number of piperidine rings is 1. The highest BCUT2D eigenvalue weighted by Gasteiger charge is 2.31. The SMILES string of the molecule is COc1ccc2c(c1OC)CCC2C(=O)O.NC1CCNCC1c1ccccc1. The second-order valence-corrected chi connectivity index (χ2v) is 7.47. The number of aliphatic carboxylic acids is 1. The number of carbonyl (C=O) groups is 1. The summed E-state index contributed by atoms with van der Waals surface area (Å²) in [6, 6.07) is 14.4. The smallest absolute Gasteiger partial charge is 0.310 e. The van der Waals surface area contributed by atoms with E-state index in [4.69, 9.17) is 20.3 Å². The number of methoxy groups -OCH3 is 2. The third-order valence-electron chi connectivity index (χ3n) is 5.80. The Hall–Kier alpha value is -2.57. The maximum Gasteiger partial charge on any atom is 0.310 e. The highest BCUT2D eigenvalue weighted by molar-refractivity contribution is 5.79. The van der Waals surface area contributed by atoms with E-state index < -0.39 is 11.9 Å². The quantitative estimate of drug-likeness (QED) is 0.733. The Morgan fingerprint density at radius 2 is 1.86 bits per heavy atom. The third kappa shape index (κ3) is 4.71. The molecule has 1 aliphatic carbocycles. The highest BCUT2D eigenvalue weighted by atomic mass is 16.5. The Morgan fingerprint density at radius 1 is 1.10 bits per heavy atom. The average Bonchev–Trinajstić information content (AvgIpc) is 3.19. The third-order valence-corrected chi connectivity index (χ3v) is 5.80. The van der Waals surface area contributed by atoms with E-state index in [9.17, 15) is 4.79 Å². The molecule has 4 rings (SSSR count). The molecule has 156 valence electrons. The Kier molecular flexibility index (Phi) is 7.12. The number of nitrogens with one attached hydrogen (secondary N) is 1. The summed E-state index contributed by atoms with van der Waals surface area (Å²) in [6.07, 6.45) is 2.44. The van der Waals surface area contributed by atoms with Crippen LogP contribution in [-0.2, 0) is 11.2 Å². The number of carboxylic acids is 1. The van der Waals surface area contributed by atoms with Crippen LogP contribution in [0.5, 0.6) is 11.5 Å². The van der Waals surface area contributed by atoms with Crippen molar-refractivity contribution in [2.24, 2.45) is 5.73 Å². The number of rotatable bonds is 4. The number of hydrogen-bond acceptors (Lipinski definition) is 5. The lowest BCUT2D eigenvalue weighted by Gasteiger charge is -2.29. The molecule has 6 heteroatoms. The molecule has 3 atom stereocenters. The van der Waals surface area contributed by atoms with Gasteiger partial charge in [0.1, 0.15) is 0 Å². The van der Waals surface area contributed by atoms with Crippen molar-refractivity contribution in [1.29, 1.82) is 0 Å². The zero-order chi connectivity index (χ0) is 20.8. The lowest BCUT2D eigenvalue weighted by molar-refractivity contribution is -0.138. The first-order valence-corrected chi connectivity index (χ1v) is 10.0. The summed E-state index contributed by atoms with van der Waals surface area (Å²) in [5.74, 6) is 0.645. The molecule has 0 bridgehead atoms. The molecule has 0 spiro atoms. The second kappa shape index (κ2) is 9.76. The van der Waals surface area contributed by atoms with E-state index in [-0.39, 0.29) is 0 Å². The van der Waals surface area contributed by atoms with E-state index in [1.807, 2.05) is 12.1 Å². The predicted molar refractivity (Wildman–Crippen MR) is 113 cm³/mol.